The molecule has 26 heavy (non-hydrogen) atoms. The first-order valence-corrected chi connectivity index (χ1v) is 8.96. The molecule has 0 heterocycles. The normalized spacial score (nSPS) is 11.3. The summed E-state index contributed by atoms with van der Waals surface area (Å²) >= 11 is 0. The zero-order valence-corrected chi connectivity index (χ0v) is 16.1. The van der Waals surface area contributed by atoms with Crippen molar-refractivity contribution in [2.75, 3.05) is 27.3 Å². The van der Waals surface area contributed by atoms with Crippen molar-refractivity contribution in [2.24, 2.45) is 0 Å². The molecular weight excluding hydrogens is 334 g/mol. The topological polar surface area (TPSA) is 72.9 Å². The number of ketones is 1. The van der Waals surface area contributed by atoms with E-state index in [4.69, 9.17) is 9.47 Å². The Bertz CT molecular complexity index is 575. The van der Waals surface area contributed by atoms with Crippen molar-refractivity contribution in [3.05, 3.63) is 35.9 Å². The van der Waals surface area contributed by atoms with Crippen LogP contribution in [0.2, 0.25) is 0 Å². The molecule has 1 rings (SSSR count). The van der Waals surface area contributed by atoms with Crippen LogP contribution in [0, 0.1) is 0 Å². The average molecular weight is 363 g/mol. The zero-order chi connectivity index (χ0) is 19.6. The molecule has 0 aliphatic heterocycles. The summed E-state index contributed by atoms with van der Waals surface area (Å²) in [4.78, 5) is 38.8. The molecule has 0 bridgehead atoms. The molecule has 0 atom stereocenters. The number of hydrogen-bond donors (Lipinski definition) is 0. The Morgan fingerprint density at radius 2 is 1.35 bits per heavy atom. The molecule has 0 saturated carbocycles. The van der Waals surface area contributed by atoms with Gasteiger partial charge in [0.15, 0.2) is 5.78 Å². The van der Waals surface area contributed by atoms with Gasteiger partial charge in [-0.3, -0.25) is 19.3 Å². The van der Waals surface area contributed by atoms with Crippen LogP contribution < -0.4 is 0 Å². The molecule has 0 amide bonds. The maximum Gasteiger partial charge on any atom is 0.305 e. The maximum atomic E-state index is 13.3. The lowest BCUT2D eigenvalue weighted by molar-refractivity contribution is -0.143. The van der Waals surface area contributed by atoms with E-state index in [0.29, 0.717) is 18.8 Å². The number of nitrogens with zero attached hydrogens (tertiary/aromatic N) is 1. The van der Waals surface area contributed by atoms with Crippen LogP contribution in [0.25, 0.3) is 0 Å². The third-order valence-electron chi connectivity index (χ3n) is 4.41. The van der Waals surface area contributed by atoms with E-state index in [0.717, 1.165) is 0 Å². The number of benzene rings is 1. The smallest absolute Gasteiger partial charge is 0.305 e. The summed E-state index contributed by atoms with van der Waals surface area (Å²) in [5, 5.41) is 0. The quantitative estimate of drug-likeness (QED) is 0.445. The number of Topliss-reactive ketones (excluding diaryl/α,β-unsaturated/α-hetero) is 1. The SMILES string of the molecule is CCOC(=O)CCC(CCC(=O)OCC)(C(=O)c1ccccc1)N(C)C. The van der Waals surface area contributed by atoms with Crippen molar-refractivity contribution in [1.82, 2.24) is 4.90 Å². The molecule has 0 aliphatic carbocycles. The van der Waals surface area contributed by atoms with Crippen LogP contribution in [-0.4, -0.2) is 55.5 Å². The van der Waals surface area contributed by atoms with Gasteiger partial charge in [-0.05, 0) is 40.8 Å². The molecule has 0 saturated heterocycles. The lowest BCUT2D eigenvalue weighted by atomic mass is 9.80. The highest BCUT2D eigenvalue weighted by Gasteiger charge is 2.41. The van der Waals surface area contributed by atoms with Crippen molar-refractivity contribution < 1.29 is 23.9 Å². The van der Waals surface area contributed by atoms with Gasteiger partial charge in [-0.15, -0.1) is 0 Å². The van der Waals surface area contributed by atoms with Gasteiger partial charge in [0.1, 0.15) is 0 Å². The molecule has 0 aromatic heterocycles. The predicted molar refractivity (Wildman–Crippen MR) is 98.9 cm³/mol. The molecule has 1 aromatic rings. The molecule has 0 N–H and O–H groups in total. The number of carbonyl (C=O) groups excluding carboxylic acids is 3. The lowest BCUT2D eigenvalue weighted by Crippen LogP contribution is -2.52. The highest BCUT2D eigenvalue weighted by molar-refractivity contribution is 6.03. The summed E-state index contributed by atoms with van der Waals surface area (Å²) in [5.74, 6) is -0.817. The van der Waals surface area contributed by atoms with Gasteiger partial charge in [-0.25, -0.2) is 0 Å². The molecule has 6 heteroatoms. The molecule has 6 nitrogen and oxygen atoms in total. The van der Waals surface area contributed by atoms with E-state index in [9.17, 15) is 14.4 Å². The van der Waals surface area contributed by atoms with Crippen molar-refractivity contribution in [3.8, 4) is 0 Å². The number of likely N-dealkylation sites (N-methyl/N-ethyl adjacent to an activating group) is 1. The van der Waals surface area contributed by atoms with Gasteiger partial charge < -0.3 is 9.47 Å². The van der Waals surface area contributed by atoms with Crippen LogP contribution in [0.4, 0.5) is 0 Å². The van der Waals surface area contributed by atoms with Gasteiger partial charge in [0.2, 0.25) is 0 Å². The Hall–Kier alpha value is -2.21. The second-order valence-electron chi connectivity index (χ2n) is 6.23. The third-order valence-corrected chi connectivity index (χ3v) is 4.41. The fraction of sp³-hybridized carbons (Fsp3) is 0.550. The number of carbonyl (C=O) groups is 3. The average Bonchev–Trinajstić information content (AvgIpc) is 2.62. The first kappa shape index (κ1) is 21.8. The van der Waals surface area contributed by atoms with E-state index in [2.05, 4.69) is 0 Å². The van der Waals surface area contributed by atoms with Gasteiger partial charge in [-0.2, -0.15) is 0 Å². The summed E-state index contributed by atoms with van der Waals surface area (Å²) in [6.45, 7) is 4.08. The van der Waals surface area contributed by atoms with E-state index < -0.39 is 5.54 Å². The molecule has 0 radical (unpaired) electrons. The monoisotopic (exact) mass is 363 g/mol. The zero-order valence-electron chi connectivity index (χ0n) is 16.1. The van der Waals surface area contributed by atoms with Crippen LogP contribution in [0.15, 0.2) is 30.3 Å². The second-order valence-corrected chi connectivity index (χ2v) is 6.23. The summed E-state index contributed by atoms with van der Waals surface area (Å²) in [5.41, 5.74) is -0.435. The molecule has 144 valence electrons. The van der Waals surface area contributed by atoms with E-state index >= 15 is 0 Å². The number of ether oxygens (including phenoxy) is 2. The highest BCUT2D eigenvalue weighted by atomic mass is 16.5. The molecule has 0 unspecified atom stereocenters. The largest absolute Gasteiger partial charge is 0.466 e. The minimum Gasteiger partial charge on any atom is -0.466 e. The van der Waals surface area contributed by atoms with Crippen molar-refractivity contribution >= 4 is 17.7 Å². The Kier molecular flexibility index (Phi) is 8.99. The van der Waals surface area contributed by atoms with Crippen LogP contribution in [0.5, 0.6) is 0 Å². The summed E-state index contributed by atoms with van der Waals surface area (Å²) in [6, 6.07) is 8.92. The van der Waals surface area contributed by atoms with Gasteiger partial charge in [0.05, 0.1) is 18.8 Å². The molecular formula is C20H29NO5. The molecule has 0 aliphatic rings. The fourth-order valence-electron chi connectivity index (χ4n) is 2.94. The van der Waals surface area contributed by atoms with Gasteiger partial charge in [0.25, 0.3) is 0 Å². The molecule has 1 aromatic carbocycles. The van der Waals surface area contributed by atoms with Crippen LogP contribution in [0.3, 0.4) is 0 Å². The highest BCUT2D eigenvalue weighted by Crippen LogP contribution is 2.30. The Morgan fingerprint density at radius 1 is 0.885 bits per heavy atom. The van der Waals surface area contributed by atoms with Crippen molar-refractivity contribution in [3.63, 3.8) is 0 Å². The summed E-state index contributed by atoms with van der Waals surface area (Å²) in [7, 11) is 3.58. The second kappa shape index (κ2) is 10.7. The minimum absolute atomic E-state index is 0.105. The molecule has 0 spiro atoms. The minimum atomic E-state index is -0.985. The predicted octanol–water partition coefficient (Wildman–Crippen LogP) is 2.86. The Balaban J connectivity index is 3.11. The van der Waals surface area contributed by atoms with E-state index in [1.165, 1.54) is 0 Å². The number of hydrogen-bond acceptors (Lipinski definition) is 6. The van der Waals surface area contributed by atoms with Crippen molar-refractivity contribution in [2.45, 2.75) is 45.1 Å². The first-order chi connectivity index (χ1) is 12.4. The summed E-state index contributed by atoms with van der Waals surface area (Å²) < 4.78 is 10.0. The van der Waals surface area contributed by atoms with Gasteiger partial charge >= 0.3 is 11.9 Å². The van der Waals surface area contributed by atoms with Gasteiger partial charge in [0, 0.05) is 18.4 Å². The van der Waals surface area contributed by atoms with Gasteiger partial charge in [-0.1, -0.05) is 30.3 Å². The van der Waals surface area contributed by atoms with E-state index in [-0.39, 0.29) is 43.4 Å². The number of rotatable bonds is 11. The third kappa shape index (κ3) is 5.95. The Labute approximate surface area is 155 Å². The standard InChI is InChI=1S/C20H29NO5/c1-5-25-17(22)12-14-20(21(3)4,15-13-18(23)26-6-2)19(24)16-10-8-7-9-11-16/h7-11H,5-6,12-15H2,1-4H3. The first-order valence-electron chi connectivity index (χ1n) is 8.96. The van der Waals surface area contributed by atoms with E-state index in [1.54, 1.807) is 57.1 Å². The van der Waals surface area contributed by atoms with Crippen LogP contribution >= 0.6 is 0 Å². The van der Waals surface area contributed by atoms with E-state index in [1.807, 2.05) is 6.07 Å². The molecule has 0 fully saturated rings. The Morgan fingerprint density at radius 3 is 1.73 bits per heavy atom. The lowest BCUT2D eigenvalue weighted by Gasteiger charge is -2.38. The number of esters is 2. The van der Waals surface area contributed by atoms with Crippen molar-refractivity contribution in [1.29, 1.82) is 0 Å². The summed E-state index contributed by atoms with van der Waals surface area (Å²) in [6.07, 6.45) is 0.749. The van der Waals surface area contributed by atoms with Crippen LogP contribution in [0.1, 0.15) is 49.9 Å². The fourth-order valence-corrected chi connectivity index (χ4v) is 2.94. The van der Waals surface area contributed by atoms with Crippen LogP contribution in [-0.2, 0) is 19.1 Å². The maximum absolute atomic E-state index is 13.3.